The zero-order chi connectivity index (χ0) is 26.9. The maximum Gasteiger partial charge on any atom is 0.105 e. The van der Waals surface area contributed by atoms with E-state index in [1.165, 1.54) is 22.4 Å². The topological polar surface area (TPSA) is 28.6 Å². The molecule has 40 heavy (non-hydrogen) atoms. The quantitative estimate of drug-likeness (QED) is 0.301. The summed E-state index contributed by atoms with van der Waals surface area (Å²) in [7, 11) is 9.95. The Morgan fingerprint density at radius 1 is 0.550 bits per heavy atom. The summed E-state index contributed by atoms with van der Waals surface area (Å²) >= 11 is 0. The second kappa shape index (κ2) is 21.6. The van der Waals surface area contributed by atoms with Crippen molar-refractivity contribution < 1.29 is 126 Å². The number of hydrogen-bond donors (Lipinski definition) is 0. The smallest absolute Gasteiger partial charge is 0.105 e. The molecule has 1 saturated heterocycles. The van der Waals surface area contributed by atoms with Gasteiger partial charge in [0, 0.05) is 179 Å². The molecule has 0 spiro atoms. The van der Waals surface area contributed by atoms with Crippen molar-refractivity contribution in [3.8, 4) is 0 Å². The molecule has 0 aromatic heterocycles. The van der Waals surface area contributed by atoms with Gasteiger partial charge >= 0.3 is 0 Å². The van der Waals surface area contributed by atoms with Crippen LogP contribution in [0, 0.1) is 0 Å². The molecule has 0 radical (unpaired) electrons. The predicted octanol–water partition coefficient (Wildman–Crippen LogP) is 5.91. The first-order valence-corrected chi connectivity index (χ1v) is 11.4. The minimum absolute atomic E-state index is 0. The van der Waals surface area contributed by atoms with Gasteiger partial charge in [-0.25, -0.2) is 0 Å². The van der Waals surface area contributed by atoms with Crippen molar-refractivity contribution in [2.75, 3.05) is 35.2 Å². The van der Waals surface area contributed by atoms with Crippen LogP contribution in [0.25, 0.3) is 0 Å². The third-order valence-corrected chi connectivity index (χ3v) is 7.61. The molecular formula is C28H46N6W6. The summed E-state index contributed by atoms with van der Waals surface area (Å²) in [4.78, 5) is 8.24. The fourth-order valence-electron chi connectivity index (χ4n) is 3.68. The summed E-state index contributed by atoms with van der Waals surface area (Å²) in [5.41, 5.74) is 9.17. The van der Waals surface area contributed by atoms with Crippen LogP contribution in [0.3, 0.4) is 0 Å². The fourth-order valence-corrected chi connectivity index (χ4v) is 3.68. The van der Waals surface area contributed by atoms with Crippen LogP contribution in [0.15, 0.2) is 89.1 Å². The Balaban J connectivity index is -0.000000101. The summed E-state index contributed by atoms with van der Waals surface area (Å²) in [6, 6.07) is 0. The van der Waals surface area contributed by atoms with Crippen molar-refractivity contribution >= 4 is 5.71 Å². The Hall–Kier alpha value is 0.980. The van der Waals surface area contributed by atoms with Gasteiger partial charge in [0.2, 0.25) is 0 Å². The van der Waals surface area contributed by atoms with E-state index in [4.69, 9.17) is 0 Å². The molecule has 0 bridgehead atoms. The molecular weight excluding hydrogens is 1520 g/mol. The largest absolute Gasteiger partial charge is 0.351 e. The number of hydrogen-bond acceptors (Lipinski definition) is 6. The summed E-state index contributed by atoms with van der Waals surface area (Å²) in [6.45, 7) is 34.5. The maximum atomic E-state index is 4.29. The van der Waals surface area contributed by atoms with Gasteiger partial charge in [-0.2, -0.15) is 5.10 Å². The Bertz CT molecular complexity index is 1030. The van der Waals surface area contributed by atoms with Gasteiger partial charge in [-0.3, -0.25) is 5.01 Å². The van der Waals surface area contributed by atoms with Gasteiger partial charge in [0.1, 0.15) is 11.6 Å². The molecule has 3 aliphatic rings. The van der Waals surface area contributed by atoms with Gasteiger partial charge in [0.25, 0.3) is 0 Å². The van der Waals surface area contributed by atoms with E-state index in [1.54, 1.807) is 0 Å². The second-order valence-corrected chi connectivity index (χ2v) is 9.64. The molecule has 0 atom stereocenters. The molecule has 0 unspecified atom stereocenters. The molecule has 12 heteroatoms. The summed E-state index contributed by atoms with van der Waals surface area (Å²) in [5.74, 6) is 1.99. The molecule has 0 saturated carbocycles. The average molecular weight is 1570 g/mol. The zero-order valence-corrected chi connectivity index (χ0v) is 43.8. The van der Waals surface area contributed by atoms with Crippen molar-refractivity contribution in [3.05, 3.63) is 84.0 Å². The Morgan fingerprint density at radius 3 is 1.30 bits per heavy atom. The number of rotatable bonds is 0. The van der Waals surface area contributed by atoms with Gasteiger partial charge < -0.3 is 19.6 Å². The second-order valence-electron chi connectivity index (χ2n) is 9.64. The van der Waals surface area contributed by atoms with E-state index in [-0.39, 0.29) is 132 Å². The van der Waals surface area contributed by atoms with Crippen LogP contribution >= 0.6 is 0 Å². The fraction of sp³-hybridized carbons (Fsp3) is 0.464. The number of hydrazone groups is 1. The van der Waals surface area contributed by atoms with Crippen molar-refractivity contribution in [2.24, 2.45) is 5.10 Å². The minimum atomic E-state index is 0. The molecule has 3 heterocycles. The monoisotopic (exact) mass is 1570 g/mol. The minimum Gasteiger partial charge on any atom is -0.351 e. The first-order chi connectivity index (χ1) is 15.4. The van der Waals surface area contributed by atoms with Crippen LogP contribution in [-0.2, 0) is 126 Å². The molecule has 1 fully saturated rings. The van der Waals surface area contributed by atoms with Crippen LogP contribution in [0.2, 0.25) is 0 Å². The number of allylic oxidation sites excluding steroid dienone is 4. The Morgan fingerprint density at radius 2 is 0.975 bits per heavy atom. The Labute approximate surface area is 331 Å². The summed E-state index contributed by atoms with van der Waals surface area (Å²) in [6.07, 6.45) is 0. The van der Waals surface area contributed by atoms with Crippen molar-refractivity contribution in [1.29, 1.82) is 0 Å². The van der Waals surface area contributed by atoms with Gasteiger partial charge in [-0.1, -0.05) is 32.9 Å². The molecule has 3 aliphatic heterocycles. The van der Waals surface area contributed by atoms with E-state index in [0.29, 0.717) is 0 Å². The molecule has 6 nitrogen and oxygen atoms in total. The van der Waals surface area contributed by atoms with Crippen molar-refractivity contribution in [2.45, 2.75) is 54.0 Å². The third-order valence-electron chi connectivity index (χ3n) is 7.61. The van der Waals surface area contributed by atoms with E-state index in [9.17, 15) is 0 Å². The van der Waals surface area contributed by atoms with Crippen LogP contribution < -0.4 is 0 Å². The van der Waals surface area contributed by atoms with Gasteiger partial charge in [-0.05, 0) is 65.2 Å². The van der Waals surface area contributed by atoms with E-state index in [2.05, 4.69) is 89.3 Å². The first-order valence-electron chi connectivity index (χ1n) is 11.4. The van der Waals surface area contributed by atoms with E-state index >= 15 is 0 Å². The molecule has 0 N–H and O–H groups in total. The van der Waals surface area contributed by atoms with E-state index in [1.807, 2.05) is 57.0 Å². The van der Waals surface area contributed by atoms with Gasteiger partial charge in [0.05, 0.1) is 16.9 Å². The van der Waals surface area contributed by atoms with Crippen LogP contribution in [0.1, 0.15) is 48.5 Å². The van der Waals surface area contributed by atoms with E-state index in [0.717, 1.165) is 34.4 Å². The summed E-state index contributed by atoms with van der Waals surface area (Å²) in [5, 5.41) is 6.10. The number of likely N-dealkylation sites (N-methyl/N-ethyl adjacent to an activating group) is 4. The first kappa shape index (κ1) is 53.5. The van der Waals surface area contributed by atoms with Crippen LogP contribution in [0.4, 0.5) is 0 Å². The molecule has 3 rings (SSSR count). The molecule has 0 aromatic carbocycles. The van der Waals surface area contributed by atoms with Gasteiger partial charge in [0.15, 0.2) is 0 Å². The third kappa shape index (κ3) is 11.8. The average Bonchev–Trinajstić information content (AvgIpc) is 2.93. The van der Waals surface area contributed by atoms with E-state index < -0.39 is 0 Å². The predicted molar refractivity (Wildman–Crippen MR) is 148 cm³/mol. The zero-order valence-electron chi connectivity index (χ0n) is 26.2. The Kier molecular flexibility index (Phi) is 29.0. The van der Waals surface area contributed by atoms with Crippen LogP contribution in [0.5, 0.6) is 0 Å². The summed E-state index contributed by atoms with van der Waals surface area (Å²) < 4.78 is 0. The molecule has 224 valence electrons. The number of nitrogens with zero attached hydrogens (tertiary/aromatic N) is 6. The van der Waals surface area contributed by atoms with Gasteiger partial charge in [-0.15, -0.1) is 0 Å². The van der Waals surface area contributed by atoms with Crippen molar-refractivity contribution in [3.63, 3.8) is 0 Å². The van der Waals surface area contributed by atoms with Crippen LogP contribution in [-0.4, -0.2) is 71.1 Å². The standard InChI is InChI=1S/C10H16N2.C9H16N2.C9H14N2.6W/c1-7-8(2)11(5)10(4)12(6)9(7)3;1-7-9(3,4)11(6)8(2)10(7)5;1-6-7(2)9(4)11(5)10-8(6)3;;;;;;/h2,4H2,1,3,5-6H3;1-2H2,3-6H3;4H2,1-3,5H3;;;;;;. The molecule has 0 aliphatic carbocycles. The SMILES string of the molecule is C=C1C(C)=C(C)C(C)=NN1C.C=C1C(C)=C(C)N(C)C(=C)N1C.C=C1N(C)C(=C)C(C)(C)N1C.[W].[W].[W].[W].[W].[W]. The maximum absolute atomic E-state index is 4.29. The van der Waals surface area contributed by atoms with Crippen molar-refractivity contribution in [1.82, 2.24) is 24.6 Å². The molecule has 0 amide bonds. The molecule has 0 aromatic rings. The normalized spacial score (nSPS) is 17.4.